The second-order valence-electron chi connectivity index (χ2n) is 6.10. The molecule has 1 aromatic carbocycles. The van der Waals surface area contributed by atoms with Crippen molar-refractivity contribution in [2.24, 2.45) is 0 Å². The van der Waals surface area contributed by atoms with Gasteiger partial charge in [0.15, 0.2) is 0 Å². The Kier molecular flexibility index (Phi) is 6.37. The quantitative estimate of drug-likeness (QED) is 0.635. The number of thioether (sulfide) groups is 1. The molecule has 28 heavy (non-hydrogen) atoms. The van der Waals surface area contributed by atoms with Crippen LogP contribution in [0.3, 0.4) is 0 Å². The molecule has 0 radical (unpaired) electrons. The number of fused-ring (bicyclic) bond motifs is 1. The molecule has 3 N–H and O–H groups in total. The normalized spacial score (nSPS) is 15.2. The molecule has 2 aromatic rings. The van der Waals surface area contributed by atoms with Crippen LogP contribution >= 0.6 is 23.1 Å². The maximum Gasteiger partial charge on any atom is 0.414 e. The first kappa shape index (κ1) is 20.0. The summed E-state index contributed by atoms with van der Waals surface area (Å²) in [5.74, 6) is -0.991. The minimum atomic E-state index is -0.827. The molecule has 0 saturated heterocycles. The number of hydrogen-bond donors (Lipinski definition) is 3. The van der Waals surface area contributed by atoms with E-state index in [0.717, 1.165) is 10.6 Å². The molecule has 9 heteroatoms. The minimum Gasteiger partial charge on any atom is -0.447 e. The molecule has 3 amide bonds. The lowest BCUT2D eigenvalue weighted by Gasteiger charge is -2.09. The smallest absolute Gasteiger partial charge is 0.414 e. The van der Waals surface area contributed by atoms with Crippen molar-refractivity contribution in [1.82, 2.24) is 5.32 Å². The molecular formula is C19H19N3O4S2. The number of anilines is 2. The molecule has 1 aliphatic heterocycles. The Hall–Kier alpha value is -2.78. The summed E-state index contributed by atoms with van der Waals surface area (Å²) >= 11 is 2.81. The average molecular weight is 418 g/mol. The molecular weight excluding hydrogens is 398 g/mol. The third kappa shape index (κ3) is 5.14. The highest BCUT2D eigenvalue weighted by Gasteiger charge is 2.20. The Morgan fingerprint density at radius 2 is 2.00 bits per heavy atom. The van der Waals surface area contributed by atoms with E-state index < -0.39 is 12.0 Å². The lowest BCUT2D eigenvalue weighted by atomic mass is 10.3. The summed E-state index contributed by atoms with van der Waals surface area (Å²) in [5.41, 5.74) is 1.24. The van der Waals surface area contributed by atoms with Gasteiger partial charge in [0.2, 0.25) is 5.91 Å². The first-order valence-electron chi connectivity index (χ1n) is 8.53. The van der Waals surface area contributed by atoms with E-state index in [1.165, 1.54) is 23.5 Å². The molecule has 146 valence electrons. The standard InChI is InChI=1S/C19H19N3O4S2/c1-11(2)26-19(25)22-17(24)12-9-10-27-18(12)21-15(23)7-8-16-20-13-5-3-4-6-14(13)28-16/h3-11,16,20H,1-2H3,(H,21,23)(H,22,24,25)/b8-7+. The number of thiophene rings is 1. The van der Waals surface area contributed by atoms with Gasteiger partial charge in [-0.15, -0.1) is 11.3 Å². The number of hydrogen-bond acceptors (Lipinski definition) is 7. The van der Waals surface area contributed by atoms with E-state index in [4.69, 9.17) is 4.74 Å². The van der Waals surface area contributed by atoms with Crippen LogP contribution in [0.5, 0.6) is 0 Å². The predicted octanol–water partition coefficient (Wildman–Crippen LogP) is 4.06. The van der Waals surface area contributed by atoms with Gasteiger partial charge in [0.25, 0.3) is 5.91 Å². The summed E-state index contributed by atoms with van der Waals surface area (Å²) in [6.07, 6.45) is 2.01. The number of carbonyl (C=O) groups is 3. The summed E-state index contributed by atoms with van der Waals surface area (Å²) in [4.78, 5) is 37.1. The summed E-state index contributed by atoms with van der Waals surface area (Å²) < 4.78 is 4.89. The zero-order valence-electron chi connectivity index (χ0n) is 15.2. The molecule has 0 saturated carbocycles. The first-order valence-corrected chi connectivity index (χ1v) is 10.3. The predicted molar refractivity (Wildman–Crippen MR) is 111 cm³/mol. The Balaban J connectivity index is 1.56. The van der Waals surface area contributed by atoms with Crippen LogP contribution in [0.2, 0.25) is 0 Å². The maximum absolute atomic E-state index is 12.2. The van der Waals surface area contributed by atoms with Crippen LogP contribution in [0.25, 0.3) is 0 Å². The van der Waals surface area contributed by atoms with Gasteiger partial charge in [0.05, 0.1) is 17.0 Å². The molecule has 1 unspecified atom stereocenters. The second kappa shape index (κ2) is 8.94. The number of rotatable bonds is 5. The summed E-state index contributed by atoms with van der Waals surface area (Å²) in [5, 5.41) is 10.1. The summed E-state index contributed by atoms with van der Waals surface area (Å²) in [7, 11) is 0. The number of alkyl carbamates (subject to hydrolysis) is 1. The van der Waals surface area contributed by atoms with Gasteiger partial charge >= 0.3 is 6.09 Å². The van der Waals surface area contributed by atoms with Crippen LogP contribution in [-0.4, -0.2) is 29.4 Å². The van der Waals surface area contributed by atoms with Gasteiger partial charge in [-0.2, -0.15) is 0 Å². The van der Waals surface area contributed by atoms with Gasteiger partial charge < -0.3 is 15.4 Å². The highest BCUT2D eigenvalue weighted by atomic mass is 32.2. The summed E-state index contributed by atoms with van der Waals surface area (Å²) in [6.45, 7) is 3.37. The number of imide groups is 1. The van der Waals surface area contributed by atoms with E-state index in [9.17, 15) is 14.4 Å². The van der Waals surface area contributed by atoms with Crippen molar-refractivity contribution in [3.8, 4) is 0 Å². The van der Waals surface area contributed by atoms with Gasteiger partial charge in [0.1, 0.15) is 5.00 Å². The van der Waals surface area contributed by atoms with Crippen molar-refractivity contribution in [2.45, 2.75) is 30.2 Å². The van der Waals surface area contributed by atoms with Crippen molar-refractivity contribution in [3.63, 3.8) is 0 Å². The van der Waals surface area contributed by atoms with Crippen LogP contribution in [0.1, 0.15) is 24.2 Å². The third-order valence-electron chi connectivity index (χ3n) is 3.57. The molecule has 1 atom stereocenters. The van der Waals surface area contributed by atoms with E-state index in [1.807, 2.05) is 24.3 Å². The van der Waals surface area contributed by atoms with Gasteiger partial charge in [-0.1, -0.05) is 23.9 Å². The van der Waals surface area contributed by atoms with Crippen LogP contribution in [0.4, 0.5) is 15.5 Å². The van der Waals surface area contributed by atoms with Gasteiger partial charge in [0, 0.05) is 16.7 Å². The molecule has 1 aliphatic rings. The Bertz CT molecular complexity index is 898. The Morgan fingerprint density at radius 3 is 2.75 bits per heavy atom. The fourth-order valence-corrected chi connectivity index (χ4v) is 4.23. The number of ether oxygens (including phenoxy) is 1. The SMILES string of the molecule is CC(C)OC(=O)NC(=O)c1ccsc1NC(=O)/C=C/C1Nc2ccccc2S1. The van der Waals surface area contributed by atoms with Crippen molar-refractivity contribution >= 4 is 51.7 Å². The molecule has 0 spiro atoms. The number of carbonyl (C=O) groups excluding carboxylic acids is 3. The monoisotopic (exact) mass is 417 g/mol. The summed E-state index contributed by atoms with van der Waals surface area (Å²) in [6, 6.07) is 9.45. The number of amides is 3. The zero-order chi connectivity index (χ0) is 20.1. The Morgan fingerprint density at radius 1 is 1.21 bits per heavy atom. The van der Waals surface area contributed by atoms with Gasteiger partial charge in [-0.3, -0.25) is 14.9 Å². The van der Waals surface area contributed by atoms with Crippen molar-refractivity contribution < 1.29 is 19.1 Å². The number of benzene rings is 1. The molecule has 2 heterocycles. The average Bonchev–Trinajstić information content (AvgIpc) is 3.25. The highest BCUT2D eigenvalue weighted by molar-refractivity contribution is 8.00. The highest BCUT2D eigenvalue weighted by Crippen LogP contribution is 2.38. The molecule has 0 fully saturated rings. The fraction of sp³-hybridized carbons (Fsp3) is 0.211. The second-order valence-corrected chi connectivity index (χ2v) is 8.20. The maximum atomic E-state index is 12.2. The molecule has 3 rings (SSSR count). The van der Waals surface area contributed by atoms with Crippen LogP contribution in [0.15, 0.2) is 52.8 Å². The fourth-order valence-electron chi connectivity index (χ4n) is 2.41. The first-order chi connectivity index (χ1) is 13.4. The van der Waals surface area contributed by atoms with Crippen LogP contribution in [0, 0.1) is 0 Å². The minimum absolute atomic E-state index is 0.0416. The van der Waals surface area contributed by atoms with Crippen molar-refractivity contribution in [2.75, 3.05) is 10.6 Å². The van der Waals surface area contributed by atoms with E-state index in [2.05, 4.69) is 16.0 Å². The molecule has 0 bridgehead atoms. The lowest BCUT2D eigenvalue weighted by molar-refractivity contribution is -0.111. The number of para-hydroxylation sites is 1. The number of nitrogens with one attached hydrogen (secondary N) is 3. The van der Waals surface area contributed by atoms with E-state index in [0.29, 0.717) is 5.00 Å². The Labute approximate surface area is 170 Å². The van der Waals surface area contributed by atoms with Crippen LogP contribution in [-0.2, 0) is 9.53 Å². The topological polar surface area (TPSA) is 96.5 Å². The molecule has 7 nitrogen and oxygen atoms in total. The van der Waals surface area contributed by atoms with Gasteiger partial charge in [-0.25, -0.2) is 4.79 Å². The largest absolute Gasteiger partial charge is 0.447 e. The van der Waals surface area contributed by atoms with Crippen LogP contribution < -0.4 is 16.0 Å². The lowest BCUT2D eigenvalue weighted by Crippen LogP contribution is -2.32. The van der Waals surface area contributed by atoms with E-state index in [1.54, 1.807) is 37.1 Å². The van der Waals surface area contributed by atoms with E-state index in [-0.39, 0.29) is 22.9 Å². The molecule has 0 aliphatic carbocycles. The van der Waals surface area contributed by atoms with E-state index >= 15 is 0 Å². The third-order valence-corrected chi connectivity index (χ3v) is 5.53. The zero-order valence-corrected chi connectivity index (χ0v) is 16.9. The van der Waals surface area contributed by atoms with Crippen molar-refractivity contribution in [1.29, 1.82) is 0 Å². The van der Waals surface area contributed by atoms with Crippen molar-refractivity contribution in [3.05, 3.63) is 53.4 Å². The molecule has 1 aromatic heterocycles. The van der Waals surface area contributed by atoms with Gasteiger partial charge in [-0.05, 0) is 43.5 Å².